The number of carbonyl (C=O) groups excluding carboxylic acids is 1. The van der Waals surface area contributed by atoms with Gasteiger partial charge in [0.2, 0.25) is 5.91 Å². The highest BCUT2D eigenvalue weighted by atomic mass is 19.1. The number of halogens is 1. The van der Waals surface area contributed by atoms with E-state index < -0.39 is 6.04 Å². The van der Waals surface area contributed by atoms with Crippen molar-refractivity contribution in [1.29, 1.82) is 0 Å². The van der Waals surface area contributed by atoms with Gasteiger partial charge in [0.1, 0.15) is 29.9 Å². The number of para-hydroxylation sites is 1. The van der Waals surface area contributed by atoms with Gasteiger partial charge in [0.25, 0.3) is 0 Å². The number of aromatic nitrogens is 3. The van der Waals surface area contributed by atoms with Crippen molar-refractivity contribution in [2.45, 2.75) is 26.0 Å². The molecule has 1 N–H and O–H groups in total. The van der Waals surface area contributed by atoms with Crippen LogP contribution in [0.4, 0.5) is 4.39 Å². The van der Waals surface area contributed by atoms with Crippen LogP contribution >= 0.6 is 0 Å². The second kappa shape index (κ2) is 8.93. The molecule has 0 radical (unpaired) electrons. The van der Waals surface area contributed by atoms with Crippen LogP contribution in [0.1, 0.15) is 24.2 Å². The summed E-state index contributed by atoms with van der Waals surface area (Å²) in [7, 11) is 0. The third-order valence-corrected chi connectivity index (χ3v) is 4.12. The Bertz CT molecular complexity index is 882. The summed E-state index contributed by atoms with van der Waals surface area (Å²) in [5.74, 6) is 0.275. The molecule has 0 aliphatic carbocycles. The van der Waals surface area contributed by atoms with Crippen LogP contribution in [0.25, 0.3) is 0 Å². The van der Waals surface area contributed by atoms with Gasteiger partial charge < -0.3 is 10.1 Å². The number of ether oxygens (including phenoxy) is 1. The Hall–Kier alpha value is -3.22. The minimum Gasteiger partial charge on any atom is -0.487 e. The van der Waals surface area contributed by atoms with Crippen molar-refractivity contribution >= 4 is 5.91 Å². The maximum atomic E-state index is 13.6. The minimum absolute atomic E-state index is 0.202. The van der Waals surface area contributed by atoms with E-state index >= 15 is 0 Å². The van der Waals surface area contributed by atoms with Gasteiger partial charge in [-0.3, -0.25) is 4.79 Å². The average Bonchev–Trinajstić information content (AvgIpc) is 3.17. The lowest BCUT2D eigenvalue weighted by molar-refractivity contribution is -0.124. The highest BCUT2D eigenvalue weighted by Crippen LogP contribution is 2.12. The molecule has 6 nitrogen and oxygen atoms in total. The van der Waals surface area contributed by atoms with E-state index in [9.17, 15) is 9.18 Å². The molecule has 0 bridgehead atoms. The number of benzene rings is 2. The fraction of sp³-hybridized carbons (Fsp3) is 0.250. The van der Waals surface area contributed by atoms with Crippen LogP contribution in [0.15, 0.2) is 60.8 Å². The number of hydrogen-bond acceptors (Lipinski definition) is 4. The number of rotatable bonds is 8. The van der Waals surface area contributed by atoms with Crippen molar-refractivity contribution in [3.8, 4) is 5.75 Å². The Morgan fingerprint density at radius 2 is 1.93 bits per heavy atom. The number of nitrogens with one attached hydrogen (secondary N) is 1. The summed E-state index contributed by atoms with van der Waals surface area (Å²) in [5, 5.41) is 10.8. The van der Waals surface area contributed by atoms with Gasteiger partial charge in [0, 0.05) is 6.54 Å². The lowest BCUT2D eigenvalue weighted by atomic mass is 10.1. The fourth-order valence-electron chi connectivity index (χ4n) is 2.53. The quantitative estimate of drug-likeness (QED) is 0.664. The molecule has 1 aromatic heterocycles. The van der Waals surface area contributed by atoms with Crippen molar-refractivity contribution in [1.82, 2.24) is 20.3 Å². The van der Waals surface area contributed by atoms with E-state index in [1.54, 1.807) is 31.3 Å². The molecule has 3 aromatic rings. The largest absolute Gasteiger partial charge is 0.487 e. The first-order chi connectivity index (χ1) is 13.1. The van der Waals surface area contributed by atoms with E-state index in [-0.39, 0.29) is 18.3 Å². The third kappa shape index (κ3) is 5.13. The predicted molar refractivity (Wildman–Crippen MR) is 98.6 cm³/mol. The maximum absolute atomic E-state index is 13.6. The Kier molecular flexibility index (Phi) is 6.14. The van der Waals surface area contributed by atoms with Crippen molar-refractivity contribution in [2.24, 2.45) is 0 Å². The van der Waals surface area contributed by atoms with Gasteiger partial charge >= 0.3 is 0 Å². The molecule has 1 atom stereocenters. The Morgan fingerprint density at radius 1 is 1.19 bits per heavy atom. The molecule has 140 valence electrons. The molecule has 0 fully saturated rings. The third-order valence-electron chi connectivity index (χ3n) is 4.12. The van der Waals surface area contributed by atoms with Gasteiger partial charge in [-0.25, -0.2) is 9.07 Å². The molecule has 0 aliphatic heterocycles. The molecule has 1 heterocycles. The fourth-order valence-corrected chi connectivity index (χ4v) is 2.53. The molecule has 1 amide bonds. The zero-order chi connectivity index (χ0) is 19.1. The summed E-state index contributed by atoms with van der Waals surface area (Å²) in [5.41, 5.74) is 1.21. The van der Waals surface area contributed by atoms with Gasteiger partial charge in [-0.05, 0) is 37.1 Å². The van der Waals surface area contributed by atoms with Crippen molar-refractivity contribution in [3.63, 3.8) is 0 Å². The molecule has 0 saturated carbocycles. The van der Waals surface area contributed by atoms with Crippen LogP contribution in [0, 0.1) is 5.82 Å². The summed E-state index contributed by atoms with van der Waals surface area (Å²) < 4.78 is 20.7. The summed E-state index contributed by atoms with van der Waals surface area (Å²) in [4.78, 5) is 12.3. The monoisotopic (exact) mass is 368 g/mol. The van der Waals surface area contributed by atoms with Crippen LogP contribution in [-0.2, 0) is 17.8 Å². The number of hydrogen-bond donors (Lipinski definition) is 1. The molecule has 0 spiro atoms. The van der Waals surface area contributed by atoms with Crippen LogP contribution in [0.2, 0.25) is 0 Å². The van der Waals surface area contributed by atoms with Crippen LogP contribution < -0.4 is 10.1 Å². The SMILES string of the molecule is CC(C(=O)NCCc1ccccc1F)n1cc(COc2ccccc2)nn1. The Labute approximate surface area is 157 Å². The van der Waals surface area contributed by atoms with Crippen LogP contribution in [0.5, 0.6) is 5.75 Å². The van der Waals surface area contributed by atoms with Crippen LogP contribution in [0.3, 0.4) is 0 Å². The summed E-state index contributed by atoms with van der Waals surface area (Å²) in [6.45, 7) is 2.35. The lowest BCUT2D eigenvalue weighted by Crippen LogP contribution is -2.32. The lowest BCUT2D eigenvalue weighted by Gasteiger charge is -2.12. The first kappa shape index (κ1) is 18.6. The summed E-state index contributed by atoms with van der Waals surface area (Å²) in [6, 6.07) is 15.4. The molecule has 2 aromatic carbocycles. The number of amides is 1. The van der Waals surface area contributed by atoms with Crippen molar-refractivity contribution in [3.05, 3.63) is 77.9 Å². The second-order valence-corrected chi connectivity index (χ2v) is 6.10. The van der Waals surface area contributed by atoms with Gasteiger partial charge in [-0.1, -0.05) is 41.6 Å². The molecule has 3 rings (SSSR count). The molecule has 7 heteroatoms. The van der Waals surface area contributed by atoms with E-state index in [1.165, 1.54) is 10.7 Å². The van der Waals surface area contributed by atoms with Gasteiger partial charge in [0.05, 0.1) is 6.20 Å². The molecule has 27 heavy (non-hydrogen) atoms. The average molecular weight is 368 g/mol. The van der Waals surface area contributed by atoms with E-state index in [4.69, 9.17) is 4.74 Å². The van der Waals surface area contributed by atoms with Crippen molar-refractivity contribution in [2.75, 3.05) is 6.54 Å². The Balaban J connectivity index is 1.48. The zero-order valence-electron chi connectivity index (χ0n) is 15.0. The van der Waals surface area contributed by atoms with Crippen LogP contribution in [-0.4, -0.2) is 27.4 Å². The Morgan fingerprint density at radius 3 is 2.70 bits per heavy atom. The van der Waals surface area contributed by atoms with Gasteiger partial charge in [-0.15, -0.1) is 5.10 Å². The number of carbonyl (C=O) groups is 1. The normalized spacial score (nSPS) is 11.8. The van der Waals surface area contributed by atoms with E-state index in [2.05, 4.69) is 15.6 Å². The summed E-state index contributed by atoms with van der Waals surface area (Å²) in [6.07, 6.45) is 2.11. The molecule has 0 aliphatic rings. The first-order valence-electron chi connectivity index (χ1n) is 8.73. The molecular formula is C20H21FN4O2. The minimum atomic E-state index is -0.524. The van der Waals surface area contributed by atoms with Crippen molar-refractivity contribution < 1.29 is 13.9 Å². The number of nitrogens with zero attached hydrogens (tertiary/aromatic N) is 3. The first-order valence-corrected chi connectivity index (χ1v) is 8.73. The molecule has 1 unspecified atom stereocenters. The van der Waals surface area contributed by atoms with Gasteiger partial charge in [0.15, 0.2) is 0 Å². The van der Waals surface area contributed by atoms with Gasteiger partial charge in [-0.2, -0.15) is 0 Å². The predicted octanol–water partition coefficient (Wildman–Crippen LogP) is 2.92. The highest BCUT2D eigenvalue weighted by Gasteiger charge is 2.16. The molecule has 0 saturated heterocycles. The molecular weight excluding hydrogens is 347 g/mol. The van der Waals surface area contributed by atoms with E-state index in [0.29, 0.717) is 24.2 Å². The summed E-state index contributed by atoms with van der Waals surface area (Å²) >= 11 is 0. The van der Waals surface area contributed by atoms with E-state index in [1.807, 2.05) is 30.3 Å². The zero-order valence-corrected chi connectivity index (χ0v) is 15.0. The maximum Gasteiger partial charge on any atom is 0.244 e. The second-order valence-electron chi connectivity index (χ2n) is 6.10. The standard InChI is InChI=1S/C20H21FN4O2/c1-15(20(26)22-12-11-16-7-5-6-10-19(16)21)25-13-17(23-24-25)14-27-18-8-3-2-4-9-18/h2-10,13,15H,11-12,14H2,1H3,(H,22,26). The topological polar surface area (TPSA) is 69.0 Å². The smallest absolute Gasteiger partial charge is 0.244 e. The highest BCUT2D eigenvalue weighted by molar-refractivity contribution is 5.79. The van der Waals surface area contributed by atoms with E-state index in [0.717, 1.165) is 5.75 Å².